The number of aryl methyl sites for hydroxylation is 1. The van der Waals surface area contributed by atoms with E-state index in [9.17, 15) is 4.79 Å². The zero-order valence-electron chi connectivity index (χ0n) is 10.5. The molecule has 0 aliphatic heterocycles. The summed E-state index contributed by atoms with van der Waals surface area (Å²) in [6, 6.07) is 5.64. The van der Waals surface area contributed by atoms with Crippen LogP contribution in [0.3, 0.4) is 0 Å². The standard InChI is InChI=1S/C13H19NO2S/c1-9-4-5-11(13(15)16)12(8-9)14-10(2)6-7-17-3/h4-5,8,10,14H,6-7H2,1-3H3,(H,15,16). The van der Waals surface area contributed by atoms with E-state index >= 15 is 0 Å². The van der Waals surface area contributed by atoms with Gasteiger partial charge in [0, 0.05) is 11.7 Å². The van der Waals surface area contributed by atoms with Gasteiger partial charge in [-0.1, -0.05) is 6.07 Å². The Bertz CT molecular complexity index is 393. The van der Waals surface area contributed by atoms with Gasteiger partial charge in [-0.2, -0.15) is 11.8 Å². The van der Waals surface area contributed by atoms with Crippen LogP contribution < -0.4 is 5.32 Å². The minimum Gasteiger partial charge on any atom is -0.478 e. The second kappa shape index (κ2) is 6.55. The normalized spacial score (nSPS) is 12.2. The number of hydrogen-bond acceptors (Lipinski definition) is 3. The topological polar surface area (TPSA) is 49.3 Å². The first-order valence-corrected chi connectivity index (χ1v) is 7.03. The molecule has 0 saturated carbocycles. The molecule has 0 aliphatic rings. The van der Waals surface area contributed by atoms with Crippen molar-refractivity contribution in [3.63, 3.8) is 0 Å². The van der Waals surface area contributed by atoms with E-state index in [1.54, 1.807) is 17.8 Å². The van der Waals surface area contributed by atoms with E-state index in [1.807, 2.05) is 19.1 Å². The van der Waals surface area contributed by atoms with Crippen LogP contribution in [0.15, 0.2) is 18.2 Å². The van der Waals surface area contributed by atoms with Crippen LogP contribution in [0.4, 0.5) is 5.69 Å². The van der Waals surface area contributed by atoms with Crippen molar-refractivity contribution >= 4 is 23.4 Å². The molecule has 1 aromatic carbocycles. The Balaban J connectivity index is 2.81. The number of carbonyl (C=O) groups is 1. The molecule has 94 valence electrons. The monoisotopic (exact) mass is 253 g/mol. The van der Waals surface area contributed by atoms with E-state index in [2.05, 4.69) is 18.5 Å². The summed E-state index contributed by atoms with van der Waals surface area (Å²) >= 11 is 1.80. The van der Waals surface area contributed by atoms with Crippen molar-refractivity contribution < 1.29 is 9.90 Å². The lowest BCUT2D eigenvalue weighted by Gasteiger charge is -2.17. The van der Waals surface area contributed by atoms with Crippen LogP contribution in [-0.2, 0) is 0 Å². The molecule has 0 aliphatic carbocycles. The summed E-state index contributed by atoms with van der Waals surface area (Å²) < 4.78 is 0. The summed E-state index contributed by atoms with van der Waals surface area (Å²) in [5, 5.41) is 12.4. The number of benzene rings is 1. The minimum atomic E-state index is -0.885. The quantitative estimate of drug-likeness (QED) is 0.817. The summed E-state index contributed by atoms with van der Waals surface area (Å²) in [4.78, 5) is 11.1. The van der Waals surface area contributed by atoms with Gasteiger partial charge in [0.05, 0.1) is 5.56 Å². The number of aromatic carboxylic acids is 1. The van der Waals surface area contributed by atoms with Gasteiger partial charge in [-0.15, -0.1) is 0 Å². The molecule has 1 unspecified atom stereocenters. The lowest BCUT2D eigenvalue weighted by Crippen LogP contribution is -2.18. The Morgan fingerprint density at radius 2 is 2.24 bits per heavy atom. The molecule has 0 spiro atoms. The first kappa shape index (κ1) is 13.9. The van der Waals surface area contributed by atoms with Crippen LogP contribution in [0.5, 0.6) is 0 Å². The third-order valence-electron chi connectivity index (χ3n) is 2.56. The van der Waals surface area contributed by atoms with Gasteiger partial charge in [-0.05, 0) is 50.0 Å². The van der Waals surface area contributed by atoms with Crippen molar-refractivity contribution in [1.82, 2.24) is 0 Å². The smallest absolute Gasteiger partial charge is 0.337 e. The summed E-state index contributed by atoms with van der Waals surface area (Å²) in [5.41, 5.74) is 2.12. The highest BCUT2D eigenvalue weighted by molar-refractivity contribution is 7.98. The number of thioether (sulfide) groups is 1. The molecule has 0 aromatic heterocycles. The molecule has 2 N–H and O–H groups in total. The van der Waals surface area contributed by atoms with Crippen LogP contribution in [0.2, 0.25) is 0 Å². The first-order valence-electron chi connectivity index (χ1n) is 5.64. The second-order valence-corrected chi connectivity index (χ2v) is 5.17. The lowest BCUT2D eigenvalue weighted by atomic mass is 10.1. The fourth-order valence-corrected chi connectivity index (χ4v) is 2.19. The third-order valence-corrected chi connectivity index (χ3v) is 3.21. The maximum absolute atomic E-state index is 11.1. The molecule has 1 atom stereocenters. The summed E-state index contributed by atoms with van der Waals surface area (Å²) in [6.07, 6.45) is 3.09. The summed E-state index contributed by atoms with van der Waals surface area (Å²) in [5.74, 6) is 0.187. The van der Waals surface area contributed by atoms with Crippen molar-refractivity contribution in [3.8, 4) is 0 Å². The van der Waals surface area contributed by atoms with Crippen molar-refractivity contribution in [3.05, 3.63) is 29.3 Å². The largest absolute Gasteiger partial charge is 0.478 e. The van der Waals surface area contributed by atoms with Crippen molar-refractivity contribution in [2.24, 2.45) is 0 Å². The number of nitrogens with one attached hydrogen (secondary N) is 1. The molecule has 4 heteroatoms. The first-order chi connectivity index (χ1) is 8.04. The van der Waals surface area contributed by atoms with Gasteiger partial charge >= 0.3 is 5.97 Å². The molecule has 1 aromatic rings. The predicted molar refractivity (Wildman–Crippen MR) is 74.2 cm³/mol. The Kier molecular flexibility index (Phi) is 5.35. The Morgan fingerprint density at radius 1 is 1.53 bits per heavy atom. The Hall–Kier alpha value is -1.16. The molecule has 0 bridgehead atoms. The molecule has 0 saturated heterocycles. The van der Waals surface area contributed by atoms with E-state index in [0.717, 1.165) is 17.7 Å². The predicted octanol–water partition coefficient (Wildman–Crippen LogP) is 3.25. The number of anilines is 1. The maximum atomic E-state index is 11.1. The lowest BCUT2D eigenvalue weighted by molar-refractivity contribution is 0.0698. The SMILES string of the molecule is CSCCC(C)Nc1cc(C)ccc1C(=O)O. The van der Waals surface area contributed by atoms with E-state index in [1.165, 1.54) is 0 Å². The van der Waals surface area contributed by atoms with Gasteiger partial charge in [0.25, 0.3) is 0 Å². The average molecular weight is 253 g/mol. The maximum Gasteiger partial charge on any atom is 0.337 e. The average Bonchev–Trinajstić information content (AvgIpc) is 2.26. The van der Waals surface area contributed by atoms with Gasteiger partial charge in [-0.25, -0.2) is 4.79 Å². The summed E-state index contributed by atoms with van der Waals surface area (Å²) in [7, 11) is 0. The highest BCUT2D eigenvalue weighted by atomic mass is 32.2. The fraction of sp³-hybridized carbons (Fsp3) is 0.462. The third kappa shape index (κ3) is 4.30. The van der Waals surface area contributed by atoms with Crippen molar-refractivity contribution in [1.29, 1.82) is 0 Å². The molecular weight excluding hydrogens is 234 g/mol. The Morgan fingerprint density at radius 3 is 2.82 bits per heavy atom. The number of hydrogen-bond donors (Lipinski definition) is 2. The molecule has 3 nitrogen and oxygen atoms in total. The summed E-state index contributed by atoms with van der Waals surface area (Å²) in [6.45, 7) is 4.04. The molecule has 17 heavy (non-hydrogen) atoms. The van der Waals surface area contributed by atoms with E-state index in [0.29, 0.717) is 11.3 Å². The van der Waals surface area contributed by atoms with Gasteiger partial charge in [-0.3, -0.25) is 0 Å². The van der Waals surface area contributed by atoms with E-state index < -0.39 is 5.97 Å². The van der Waals surface area contributed by atoms with Gasteiger partial charge in [0.1, 0.15) is 0 Å². The molecular formula is C13H19NO2S. The van der Waals surface area contributed by atoms with E-state index in [-0.39, 0.29) is 6.04 Å². The molecule has 1 rings (SSSR count). The van der Waals surface area contributed by atoms with Gasteiger partial charge in [0.15, 0.2) is 0 Å². The molecule has 0 heterocycles. The fourth-order valence-electron chi connectivity index (χ4n) is 1.60. The van der Waals surface area contributed by atoms with Crippen molar-refractivity contribution in [2.75, 3.05) is 17.3 Å². The highest BCUT2D eigenvalue weighted by Gasteiger charge is 2.11. The van der Waals surface area contributed by atoms with Crippen LogP contribution in [0.1, 0.15) is 29.3 Å². The van der Waals surface area contributed by atoms with Crippen molar-refractivity contribution in [2.45, 2.75) is 26.3 Å². The zero-order chi connectivity index (χ0) is 12.8. The number of rotatable bonds is 6. The van der Waals surface area contributed by atoms with Gasteiger partial charge in [0.2, 0.25) is 0 Å². The molecule has 0 amide bonds. The zero-order valence-corrected chi connectivity index (χ0v) is 11.3. The van der Waals surface area contributed by atoms with Crippen LogP contribution >= 0.6 is 11.8 Å². The van der Waals surface area contributed by atoms with E-state index in [4.69, 9.17) is 5.11 Å². The Labute approximate surface area is 107 Å². The highest BCUT2D eigenvalue weighted by Crippen LogP contribution is 2.19. The van der Waals surface area contributed by atoms with Crippen LogP contribution in [0.25, 0.3) is 0 Å². The number of carboxylic acid groups (broad SMARTS) is 1. The van der Waals surface area contributed by atoms with Crippen LogP contribution in [-0.4, -0.2) is 29.1 Å². The minimum absolute atomic E-state index is 0.280. The second-order valence-electron chi connectivity index (χ2n) is 4.18. The van der Waals surface area contributed by atoms with Crippen LogP contribution in [0, 0.1) is 6.92 Å². The number of carboxylic acids is 1. The van der Waals surface area contributed by atoms with Gasteiger partial charge < -0.3 is 10.4 Å². The molecule has 0 fully saturated rings. The molecule has 0 radical (unpaired) electrons.